The molecule has 2 rings (SSSR count). The van der Waals surface area contributed by atoms with E-state index in [0.717, 1.165) is 22.5 Å². The monoisotopic (exact) mass is 272 g/mol. The minimum absolute atomic E-state index is 0.192. The van der Waals surface area contributed by atoms with Crippen LogP contribution in [0, 0.1) is 13.8 Å². The van der Waals surface area contributed by atoms with Gasteiger partial charge in [-0.1, -0.05) is 39.0 Å². The maximum Gasteiger partial charge on any atom is 0.354 e. The molecule has 2 aromatic rings. The second-order valence-corrected chi connectivity index (χ2v) is 6.08. The maximum absolute atomic E-state index is 11.6. The largest absolute Gasteiger partial charge is 0.477 e. The summed E-state index contributed by atoms with van der Waals surface area (Å²) in [6, 6.07) is 7.66. The third-order valence-electron chi connectivity index (χ3n) is 3.38. The van der Waals surface area contributed by atoms with Gasteiger partial charge in [0, 0.05) is 11.0 Å². The van der Waals surface area contributed by atoms with Crippen LogP contribution in [0.1, 0.15) is 48.1 Å². The Morgan fingerprint density at radius 1 is 1.20 bits per heavy atom. The van der Waals surface area contributed by atoms with Crippen LogP contribution in [0.25, 0.3) is 5.69 Å². The zero-order chi connectivity index (χ0) is 15.1. The average molecular weight is 272 g/mol. The SMILES string of the molecule is Cc1ccccc1-n1nc(C(C)(C)C)c(C)c1C(=O)O. The molecule has 0 spiro atoms. The van der Waals surface area contributed by atoms with Gasteiger partial charge in [0.25, 0.3) is 0 Å². The van der Waals surface area contributed by atoms with E-state index < -0.39 is 5.97 Å². The highest BCUT2D eigenvalue weighted by Gasteiger charge is 2.28. The smallest absolute Gasteiger partial charge is 0.354 e. The number of para-hydroxylation sites is 1. The second kappa shape index (κ2) is 4.78. The Kier molecular flexibility index (Phi) is 3.42. The molecule has 0 unspecified atom stereocenters. The van der Waals surface area contributed by atoms with Gasteiger partial charge in [-0.3, -0.25) is 0 Å². The van der Waals surface area contributed by atoms with E-state index in [1.165, 1.54) is 0 Å². The van der Waals surface area contributed by atoms with Crippen molar-refractivity contribution in [3.05, 3.63) is 46.8 Å². The number of benzene rings is 1. The van der Waals surface area contributed by atoms with Gasteiger partial charge in [0.05, 0.1) is 11.4 Å². The molecule has 1 aromatic carbocycles. The van der Waals surface area contributed by atoms with Crippen LogP contribution >= 0.6 is 0 Å². The maximum atomic E-state index is 11.6. The topological polar surface area (TPSA) is 55.1 Å². The number of nitrogens with zero attached hydrogens (tertiary/aromatic N) is 2. The van der Waals surface area contributed by atoms with E-state index >= 15 is 0 Å². The van der Waals surface area contributed by atoms with E-state index in [1.807, 2.05) is 58.9 Å². The molecule has 0 radical (unpaired) electrons. The first-order chi connectivity index (χ1) is 9.23. The van der Waals surface area contributed by atoms with Crippen LogP contribution in [0.4, 0.5) is 0 Å². The molecule has 1 aromatic heterocycles. The van der Waals surface area contributed by atoms with Crippen LogP contribution in [0.3, 0.4) is 0 Å². The van der Waals surface area contributed by atoms with Crippen molar-refractivity contribution in [2.24, 2.45) is 0 Å². The van der Waals surface area contributed by atoms with Crippen molar-refractivity contribution in [2.75, 3.05) is 0 Å². The Morgan fingerprint density at radius 3 is 2.30 bits per heavy atom. The van der Waals surface area contributed by atoms with Crippen molar-refractivity contribution in [3.8, 4) is 5.69 Å². The minimum Gasteiger partial charge on any atom is -0.477 e. The molecule has 0 saturated carbocycles. The van der Waals surface area contributed by atoms with Crippen LogP contribution in [-0.2, 0) is 5.41 Å². The number of rotatable bonds is 2. The summed E-state index contributed by atoms with van der Waals surface area (Å²) in [6.45, 7) is 9.89. The molecule has 0 atom stereocenters. The summed E-state index contributed by atoms with van der Waals surface area (Å²) in [5.41, 5.74) is 3.40. The molecule has 0 amide bonds. The normalized spacial score (nSPS) is 11.7. The zero-order valence-electron chi connectivity index (χ0n) is 12.6. The fourth-order valence-corrected chi connectivity index (χ4v) is 2.43. The molecule has 1 N–H and O–H groups in total. The van der Waals surface area contributed by atoms with Crippen LogP contribution in [-0.4, -0.2) is 20.9 Å². The van der Waals surface area contributed by atoms with E-state index in [0.29, 0.717) is 0 Å². The Morgan fingerprint density at radius 2 is 1.80 bits per heavy atom. The van der Waals surface area contributed by atoms with E-state index in [-0.39, 0.29) is 11.1 Å². The number of carbonyl (C=O) groups is 1. The fraction of sp³-hybridized carbons (Fsp3) is 0.375. The molecule has 20 heavy (non-hydrogen) atoms. The van der Waals surface area contributed by atoms with Crippen molar-refractivity contribution in [1.29, 1.82) is 0 Å². The third kappa shape index (κ3) is 2.33. The lowest BCUT2D eigenvalue weighted by Crippen LogP contribution is -2.14. The lowest BCUT2D eigenvalue weighted by molar-refractivity contribution is 0.0686. The van der Waals surface area contributed by atoms with Crippen molar-refractivity contribution < 1.29 is 9.90 Å². The van der Waals surface area contributed by atoms with Gasteiger partial charge in [0.15, 0.2) is 5.69 Å². The predicted octanol–water partition coefficient (Wildman–Crippen LogP) is 3.48. The van der Waals surface area contributed by atoms with Gasteiger partial charge in [-0.15, -0.1) is 0 Å². The van der Waals surface area contributed by atoms with Gasteiger partial charge < -0.3 is 5.11 Å². The standard InChI is InChI=1S/C16H20N2O2/c1-10-8-6-7-9-12(10)18-13(15(19)20)11(2)14(17-18)16(3,4)5/h6-9H,1-5H3,(H,19,20). The Bertz CT molecular complexity index is 664. The van der Waals surface area contributed by atoms with Crippen molar-refractivity contribution >= 4 is 5.97 Å². The highest BCUT2D eigenvalue weighted by Crippen LogP contribution is 2.29. The summed E-state index contributed by atoms with van der Waals surface area (Å²) in [5.74, 6) is -0.950. The highest BCUT2D eigenvalue weighted by atomic mass is 16.4. The fourth-order valence-electron chi connectivity index (χ4n) is 2.43. The molecule has 1 heterocycles. The first kappa shape index (κ1) is 14.3. The molecule has 0 aliphatic heterocycles. The predicted molar refractivity (Wildman–Crippen MR) is 78.7 cm³/mol. The van der Waals surface area contributed by atoms with E-state index in [9.17, 15) is 9.90 Å². The molecule has 0 aliphatic carbocycles. The summed E-state index contributed by atoms with van der Waals surface area (Å²) in [7, 11) is 0. The van der Waals surface area contributed by atoms with Crippen LogP contribution < -0.4 is 0 Å². The van der Waals surface area contributed by atoms with Gasteiger partial charge in [-0.2, -0.15) is 5.10 Å². The molecule has 4 nitrogen and oxygen atoms in total. The summed E-state index contributed by atoms with van der Waals surface area (Å²) >= 11 is 0. The number of carboxylic acid groups (broad SMARTS) is 1. The lowest BCUT2D eigenvalue weighted by Gasteiger charge is -2.16. The number of carboxylic acids is 1. The average Bonchev–Trinajstić information content (AvgIpc) is 2.67. The van der Waals surface area contributed by atoms with Crippen LogP contribution in [0.15, 0.2) is 24.3 Å². The summed E-state index contributed by atoms with van der Waals surface area (Å²) < 4.78 is 1.55. The number of hydrogen-bond acceptors (Lipinski definition) is 2. The molecule has 0 aliphatic rings. The first-order valence-corrected chi connectivity index (χ1v) is 6.63. The quantitative estimate of drug-likeness (QED) is 0.910. The second-order valence-electron chi connectivity index (χ2n) is 6.08. The number of aryl methyl sites for hydroxylation is 1. The van der Waals surface area contributed by atoms with E-state index in [2.05, 4.69) is 5.10 Å². The molecular formula is C16H20N2O2. The number of hydrogen-bond donors (Lipinski definition) is 1. The Hall–Kier alpha value is -2.10. The molecule has 106 valence electrons. The number of aromatic carboxylic acids is 1. The molecule has 0 fully saturated rings. The minimum atomic E-state index is -0.950. The number of aromatic nitrogens is 2. The highest BCUT2D eigenvalue weighted by molar-refractivity contribution is 5.88. The summed E-state index contributed by atoms with van der Waals surface area (Å²) in [4.78, 5) is 11.6. The molecular weight excluding hydrogens is 252 g/mol. The van der Waals surface area contributed by atoms with Crippen LogP contribution in [0.2, 0.25) is 0 Å². The summed E-state index contributed by atoms with van der Waals surface area (Å²) in [5, 5.41) is 14.1. The van der Waals surface area contributed by atoms with Gasteiger partial charge in [-0.05, 0) is 25.5 Å². The Labute approximate surface area is 119 Å². The van der Waals surface area contributed by atoms with Gasteiger partial charge in [-0.25, -0.2) is 9.48 Å². The molecule has 0 bridgehead atoms. The van der Waals surface area contributed by atoms with Crippen molar-refractivity contribution in [3.63, 3.8) is 0 Å². The van der Waals surface area contributed by atoms with Gasteiger partial charge in [0.2, 0.25) is 0 Å². The lowest BCUT2D eigenvalue weighted by atomic mass is 9.89. The first-order valence-electron chi connectivity index (χ1n) is 6.63. The third-order valence-corrected chi connectivity index (χ3v) is 3.38. The summed E-state index contributed by atoms with van der Waals surface area (Å²) in [6.07, 6.45) is 0. The van der Waals surface area contributed by atoms with Crippen molar-refractivity contribution in [2.45, 2.75) is 40.0 Å². The molecule has 4 heteroatoms. The van der Waals surface area contributed by atoms with Crippen LogP contribution in [0.5, 0.6) is 0 Å². The van der Waals surface area contributed by atoms with Gasteiger partial charge >= 0.3 is 5.97 Å². The Balaban J connectivity index is 2.77. The van der Waals surface area contributed by atoms with E-state index in [4.69, 9.17) is 0 Å². The van der Waals surface area contributed by atoms with Crippen molar-refractivity contribution in [1.82, 2.24) is 9.78 Å². The molecule has 0 saturated heterocycles. The zero-order valence-corrected chi connectivity index (χ0v) is 12.6. The van der Waals surface area contributed by atoms with Gasteiger partial charge in [0.1, 0.15) is 0 Å². The van der Waals surface area contributed by atoms with E-state index in [1.54, 1.807) is 4.68 Å².